The van der Waals surface area contributed by atoms with Crippen molar-refractivity contribution in [3.8, 4) is 0 Å². The molecule has 106 valence electrons. The number of aryl methyl sites for hydroxylation is 1. The van der Waals surface area contributed by atoms with Gasteiger partial charge in [0.25, 0.3) is 0 Å². The molecule has 0 saturated carbocycles. The fraction of sp³-hybridized carbons (Fsp3) is 0.467. The zero-order valence-corrected chi connectivity index (χ0v) is 14.1. The molecule has 1 fully saturated rings. The molecule has 1 N–H and O–H groups in total. The van der Waals surface area contributed by atoms with Crippen LogP contribution in [0.5, 0.6) is 0 Å². The zero-order chi connectivity index (χ0) is 14.7. The van der Waals surface area contributed by atoms with E-state index in [-0.39, 0.29) is 18.3 Å². The second-order valence-corrected chi connectivity index (χ2v) is 7.30. The number of rotatable bonds is 1. The molecule has 1 aromatic carbocycles. The first kappa shape index (κ1) is 14.2. The maximum atomic E-state index is 6.08. The molecule has 0 radical (unpaired) electrons. The Labute approximate surface area is 128 Å². The lowest BCUT2D eigenvalue weighted by Crippen LogP contribution is -2.41. The maximum absolute atomic E-state index is 6.08. The van der Waals surface area contributed by atoms with E-state index in [0.717, 1.165) is 15.6 Å². The number of halogens is 1. The second kappa shape index (κ2) is 4.36. The van der Waals surface area contributed by atoms with Crippen LogP contribution in [-0.2, 0) is 9.31 Å². The average Bonchev–Trinajstić information content (AvgIpc) is 2.85. The summed E-state index contributed by atoms with van der Waals surface area (Å²) in [5, 5.41) is 1.18. The summed E-state index contributed by atoms with van der Waals surface area (Å²) in [7, 11) is -0.342. The van der Waals surface area contributed by atoms with Gasteiger partial charge in [-0.05, 0) is 57.7 Å². The van der Waals surface area contributed by atoms with E-state index in [2.05, 4.69) is 73.7 Å². The predicted octanol–water partition coefficient (Wildman–Crippen LogP) is 3.54. The molecule has 0 amide bonds. The van der Waals surface area contributed by atoms with Crippen LogP contribution in [0, 0.1) is 6.92 Å². The van der Waals surface area contributed by atoms with Gasteiger partial charge in [-0.15, -0.1) is 0 Å². The summed E-state index contributed by atoms with van der Waals surface area (Å²) in [6.45, 7) is 10.4. The van der Waals surface area contributed by atoms with E-state index in [1.54, 1.807) is 0 Å². The number of hydrogen-bond acceptors (Lipinski definition) is 2. The van der Waals surface area contributed by atoms with E-state index in [1.165, 1.54) is 10.9 Å². The van der Waals surface area contributed by atoms with E-state index in [1.807, 2.05) is 0 Å². The van der Waals surface area contributed by atoms with Crippen molar-refractivity contribution in [3.05, 3.63) is 28.2 Å². The Bertz CT molecular complexity index is 662. The molecule has 2 aromatic rings. The van der Waals surface area contributed by atoms with Gasteiger partial charge in [0.15, 0.2) is 0 Å². The first-order chi connectivity index (χ1) is 9.21. The number of H-pyrrole nitrogens is 1. The SMILES string of the molecule is Cc1c(Br)ccc2cc(B3OC(C)(C)C(C)(C)O3)[nH]c12. The largest absolute Gasteiger partial charge is 0.512 e. The highest BCUT2D eigenvalue weighted by atomic mass is 79.9. The van der Waals surface area contributed by atoms with Gasteiger partial charge in [0.2, 0.25) is 0 Å². The Hall–Kier alpha value is -0.775. The molecule has 1 aliphatic heterocycles. The van der Waals surface area contributed by atoms with Crippen molar-refractivity contribution in [2.24, 2.45) is 0 Å². The van der Waals surface area contributed by atoms with Gasteiger partial charge in [-0.25, -0.2) is 0 Å². The van der Waals surface area contributed by atoms with Crippen molar-refractivity contribution in [2.75, 3.05) is 0 Å². The number of fused-ring (bicyclic) bond motifs is 1. The van der Waals surface area contributed by atoms with Crippen LogP contribution in [0.25, 0.3) is 10.9 Å². The quantitative estimate of drug-likeness (QED) is 0.809. The van der Waals surface area contributed by atoms with Crippen LogP contribution >= 0.6 is 15.9 Å². The number of benzene rings is 1. The fourth-order valence-electron chi connectivity index (χ4n) is 2.44. The molecule has 1 saturated heterocycles. The molecule has 0 spiro atoms. The highest BCUT2D eigenvalue weighted by Crippen LogP contribution is 2.36. The van der Waals surface area contributed by atoms with Crippen LogP contribution in [0.1, 0.15) is 33.3 Å². The minimum atomic E-state index is -0.342. The number of hydrogen-bond donors (Lipinski definition) is 1. The summed E-state index contributed by atoms with van der Waals surface area (Å²) in [4.78, 5) is 3.44. The van der Waals surface area contributed by atoms with Crippen LogP contribution < -0.4 is 5.59 Å². The molecule has 3 rings (SSSR count). The van der Waals surface area contributed by atoms with Crippen LogP contribution in [0.3, 0.4) is 0 Å². The second-order valence-electron chi connectivity index (χ2n) is 6.45. The van der Waals surface area contributed by atoms with Crippen LogP contribution in [-0.4, -0.2) is 23.3 Å². The Kier molecular flexibility index (Phi) is 3.09. The Balaban J connectivity index is 2.03. The summed E-state index contributed by atoms with van der Waals surface area (Å²) < 4.78 is 13.3. The fourth-order valence-corrected chi connectivity index (χ4v) is 2.77. The molecule has 0 aliphatic carbocycles. The van der Waals surface area contributed by atoms with Gasteiger partial charge in [0.1, 0.15) is 0 Å². The molecule has 20 heavy (non-hydrogen) atoms. The van der Waals surface area contributed by atoms with Gasteiger partial charge in [-0.3, -0.25) is 0 Å². The van der Waals surface area contributed by atoms with Crippen LogP contribution in [0.4, 0.5) is 0 Å². The van der Waals surface area contributed by atoms with Crippen molar-refractivity contribution >= 4 is 39.5 Å². The van der Waals surface area contributed by atoms with Crippen LogP contribution in [0.2, 0.25) is 0 Å². The minimum Gasteiger partial charge on any atom is -0.398 e. The van der Waals surface area contributed by atoms with E-state index >= 15 is 0 Å². The zero-order valence-electron chi connectivity index (χ0n) is 12.5. The number of nitrogens with one attached hydrogen (secondary N) is 1. The summed E-state index contributed by atoms with van der Waals surface area (Å²) >= 11 is 3.56. The third-order valence-electron chi connectivity index (χ3n) is 4.52. The smallest absolute Gasteiger partial charge is 0.398 e. The summed E-state index contributed by atoms with van der Waals surface area (Å²) in [6, 6.07) is 6.27. The average molecular weight is 336 g/mol. The van der Waals surface area contributed by atoms with E-state index in [9.17, 15) is 0 Å². The normalized spacial score (nSPS) is 20.8. The molecular weight excluding hydrogens is 317 g/mol. The lowest BCUT2D eigenvalue weighted by molar-refractivity contribution is 0.00578. The summed E-state index contributed by atoms with van der Waals surface area (Å²) in [5.41, 5.74) is 2.67. The first-order valence-electron chi connectivity index (χ1n) is 6.85. The van der Waals surface area contributed by atoms with Crippen LogP contribution in [0.15, 0.2) is 22.7 Å². The van der Waals surface area contributed by atoms with Gasteiger partial charge < -0.3 is 14.3 Å². The highest BCUT2D eigenvalue weighted by Gasteiger charge is 2.52. The van der Waals surface area contributed by atoms with Gasteiger partial charge >= 0.3 is 7.12 Å². The Morgan fingerprint density at radius 2 is 1.70 bits per heavy atom. The third kappa shape index (κ3) is 2.03. The third-order valence-corrected chi connectivity index (χ3v) is 5.38. The molecule has 0 unspecified atom stereocenters. The van der Waals surface area contributed by atoms with Crippen molar-refractivity contribution in [2.45, 2.75) is 45.8 Å². The molecule has 1 aliphatic rings. The standard InChI is InChI=1S/C15H19BBrNO2/c1-9-11(17)7-6-10-8-12(18-13(9)10)16-19-14(2,3)15(4,5)20-16/h6-8,18H,1-5H3. The first-order valence-corrected chi connectivity index (χ1v) is 7.64. The molecule has 3 nitrogen and oxygen atoms in total. The monoisotopic (exact) mass is 335 g/mol. The van der Waals surface area contributed by atoms with Crippen molar-refractivity contribution in [1.82, 2.24) is 4.98 Å². The molecule has 5 heteroatoms. The number of aromatic nitrogens is 1. The van der Waals surface area contributed by atoms with Gasteiger partial charge in [0.05, 0.1) is 11.2 Å². The molecule has 2 heterocycles. The lowest BCUT2D eigenvalue weighted by atomic mass is 9.85. The molecule has 0 atom stereocenters. The van der Waals surface area contributed by atoms with Crippen molar-refractivity contribution < 1.29 is 9.31 Å². The summed E-state index contributed by atoms with van der Waals surface area (Å²) in [6.07, 6.45) is 0. The number of aromatic amines is 1. The highest BCUT2D eigenvalue weighted by molar-refractivity contribution is 9.10. The topological polar surface area (TPSA) is 34.2 Å². The van der Waals surface area contributed by atoms with Gasteiger partial charge in [0, 0.05) is 15.6 Å². The molecular formula is C15H19BBrNO2. The molecule has 1 aromatic heterocycles. The van der Waals surface area contributed by atoms with E-state index in [4.69, 9.17) is 9.31 Å². The maximum Gasteiger partial charge on any atom is 0.512 e. The van der Waals surface area contributed by atoms with Gasteiger partial charge in [-0.2, -0.15) is 0 Å². The van der Waals surface area contributed by atoms with E-state index in [0.29, 0.717) is 0 Å². The summed E-state index contributed by atoms with van der Waals surface area (Å²) in [5.74, 6) is 0. The molecule has 0 bridgehead atoms. The predicted molar refractivity (Wildman–Crippen MR) is 86.5 cm³/mol. The Morgan fingerprint density at radius 3 is 2.30 bits per heavy atom. The minimum absolute atomic E-state index is 0.315. The Morgan fingerprint density at radius 1 is 1.10 bits per heavy atom. The van der Waals surface area contributed by atoms with Gasteiger partial charge in [-0.1, -0.05) is 22.0 Å². The van der Waals surface area contributed by atoms with Crippen molar-refractivity contribution in [3.63, 3.8) is 0 Å². The van der Waals surface area contributed by atoms with E-state index < -0.39 is 0 Å². The lowest BCUT2D eigenvalue weighted by Gasteiger charge is -2.32. The van der Waals surface area contributed by atoms with Crippen molar-refractivity contribution in [1.29, 1.82) is 0 Å².